The van der Waals surface area contributed by atoms with Crippen molar-refractivity contribution in [1.82, 2.24) is 19.7 Å². The lowest BCUT2D eigenvalue weighted by atomic mass is 10.2. The number of nitrogens with zero attached hydrogens (tertiary/aromatic N) is 5. The molecule has 0 fully saturated rings. The molecule has 0 saturated heterocycles. The second-order valence-corrected chi connectivity index (χ2v) is 9.00. The highest BCUT2D eigenvalue weighted by atomic mass is 35.5. The van der Waals surface area contributed by atoms with Gasteiger partial charge in [0, 0.05) is 30.1 Å². The van der Waals surface area contributed by atoms with Crippen LogP contribution in [0, 0.1) is 10.1 Å². The van der Waals surface area contributed by atoms with E-state index in [0.29, 0.717) is 17.5 Å². The van der Waals surface area contributed by atoms with Crippen molar-refractivity contribution in [2.24, 2.45) is 0 Å². The Labute approximate surface area is 204 Å². The number of halogens is 1. The minimum absolute atomic E-state index is 0.162. The van der Waals surface area contributed by atoms with E-state index < -0.39 is 10.2 Å². The van der Waals surface area contributed by atoms with E-state index in [0.717, 1.165) is 11.1 Å². The van der Waals surface area contributed by atoms with Gasteiger partial charge in [-0.3, -0.25) is 24.5 Å². The fraction of sp³-hybridized carbons (Fsp3) is 0.130. The van der Waals surface area contributed by atoms with Crippen LogP contribution in [0.25, 0.3) is 11.4 Å². The van der Waals surface area contributed by atoms with Crippen LogP contribution in [0.15, 0.2) is 78.2 Å². The summed E-state index contributed by atoms with van der Waals surface area (Å²) in [5.41, 5.74) is 1.92. The van der Waals surface area contributed by atoms with Crippen molar-refractivity contribution in [3.05, 3.63) is 93.8 Å². The number of carbonyl (C=O) groups is 1. The molecule has 4 aromatic rings. The molecular weight excluding hydrogens is 476 g/mol. The van der Waals surface area contributed by atoms with E-state index in [4.69, 9.17) is 11.6 Å². The highest BCUT2D eigenvalue weighted by Gasteiger charge is 2.22. The topological polar surface area (TPSA) is 116 Å². The van der Waals surface area contributed by atoms with Crippen molar-refractivity contribution < 1.29 is 9.72 Å². The van der Waals surface area contributed by atoms with Crippen LogP contribution < -0.4 is 5.32 Å². The minimum atomic E-state index is -0.584. The van der Waals surface area contributed by atoms with Gasteiger partial charge in [-0.05, 0) is 30.7 Å². The van der Waals surface area contributed by atoms with Gasteiger partial charge in [-0.15, -0.1) is 10.2 Å². The van der Waals surface area contributed by atoms with Crippen molar-refractivity contribution in [1.29, 1.82) is 0 Å². The van der Waals surface area contributed by atoms with Crippen LogP contribution >= 0.6 is 23.4 Å². The number of nitro benzene ring substituents is 1. The third kappa shape index (κ3) is 5.41. The Balaban J connectivity index is 1.58. The number of nitrogens with one attached hydrogen (secondary N) is 1. The molecule has 0 saturated carbocycles. The Hall–Kier alpha value is -3.76. The van der Waals surface area contributed by atoms with Gasteiger partial charge in [-0.25, -0.2) is 0 Å². The summed E-state index contributed by atoms with van der Waals surface area (Å²) in [5, 5.41) is 22.6. The predicted molar refractivity (Wildman–Crippen MR) is 131 cm³/mol. The molecule has 0 aliphatic heterocycles. The van der Waals surface area contributed by atoms with E-state index in [2.05, 4.69) is 20.5 Å². The van der Waals surface area contributed by atoms with Crippen LogP contribution in [0.2, 0.25) is 5.02 Å². The smallest absolute Gasteiger partial charge is 0.271 e. The van der Waals surface area contributed by atoms with Crippen molar-refractivity contribution >= 4 is 40.6 Å². The molecule has 9 nitrogen and oxygen atoms in total. The molecule has 4 rings (SSSR count). The van der Waals surface area contributed by atoms with Gasteiger partial charge in [0.1, 0.15) is 0 Å². The van der Waals surface area contributed by atoms with E-state index in [1.807, 2.05) is 47.0 Å². The molecular formula is C23H19ClN6O3S. The fourth-order valence-electron chi connectivity index (χ4n) is 3.17. The molecule has 0 bridgehead atoms. The third-order valence-corrected chi connectivity index (χ3v) is 6.32. The van der Waals surface area contributed by atoms with Crippen molar-refractivity contribution in [2.45, 2.75) is 23.9 Å². The van der Waals surface area contributed by atoms with E-state index >= 15 is 0 Å². The van der Waals surface area contributed by atoms with Crippen molar-refractivity contribution in [3.8, 4) is 11.4 Å². The number of aromatic nitrogens is 4. The zero-order chi connectivity index (χ0) is 24.1. The quantitative estimate of drug-likeness (QED) is 0.206. The van der Waals surface area contributed by atoms with Gasteiger partial charge < -0.3 is 5.32 Å². The second kappa shape index (κ2) is 10.4. The van der Waals surface area contributed by atoms with Gasteiger partial charge in [0.15, 0.2) is 11.0 Å². The van der Waals surface area contributed by atoms with E-state index in [-0.39, 0.29) is 22.3 Å². The number of carbonyl (C=O) groups excluding carboxylic acids is 1. The van der Waals surface area contributed by atoms with Gasteiger partial charge in [-0.2, -0.15) is 0 Å². The summed E-state index contributed by atoms with van der Waals surface area (Å²) in [6.45, 7) is 2.23. The number of benzene rings is 2. The first-order valence-electron chi connectivity index (χ1n) is 10.2. The first-order valence-corrected chi connectivity index (χ1v) is 11.5. The number of hydrogen-bond donors (Lipinski definition) is 1. The molecule has 2 aromatic heterocycles. The van der Waals surface area contributed by atoms with Gasteiger partial charge in [0.25, 0.3) is 5.69 Å². The summed E-state index contributed by atoms with van der Waals surface area (Å²) in [6, 6.07) is 17.5. The normalized spacial score (nSPS) is 11.7. The number of thioether (sulfide) groups is 1. The van der Waals surface area contributed by atoms with Crippen LogP contribution in [0.4, 0.5) is 11.4 Å². The second-order valence-electron chi connectivity index (χ2n) is 7.28. The average molecular weight is 495 g/mol. The number of nitro groups is 1. The molecule has 1 atom stereocenters. The molecule has 0 aliphatic carbocycles. The number of amides is 1. The Bertz CT molecular complexity index is 1320. The lowest BCUT2D eigenvalue weighted by Gasteiger charge is -2.14. The Morgan fingerprint density at radius 3 is 2.59 bits per heavy atom. The maximum Gasteiger partial charge on any atom is 0.271 e. The maximum absolute atomic E-state index is 12.9. The SMILES string of the molecule is CC(Sc1nnc(-c2ccncc2)n1Cc1ccccc1)C(=O)Nc1cc([N+](=O)[O-])ccc1Cl. The molecule has 1 amide bonds. The van der Waals surface area contributed by atoms with E-state index in [9.17, 15) is 14.9 Å². The summed E-state index contributed by atoms with van der Waals surface area (Å²) in [7, 11) is 0. The monoisotopic (exact) mass is 494 g/mol. The van der Waals surface area contributed by atoms with E-state index in [1.165, 1.54) is 30.0 Å². The van der Waals surface area contributed by atoms with Gasteiger partial charge in [0.05, 0.1) is 27.4 Å². The van der Waals surface area contributed by atoms with Crippen LogP contribution in [0.5, 0.6) is 0 Å². The first kappa shape index (κ1) is 23.4. The third-order valence-electron chi connectivity index (χ3n) is 4.91. The molecule has 2 heterocycles. The number of pyridine rings is 1. The summed E-state index contributed by atoms with van der Waals surface area (Å²) in [4.78, 5) is 27.4. The Kier molecular flexibility index (Phi) is 7.19. The molecule has 11 heteroatoms. The largest absolute Gasteiger partial charge is 0.324 e. The zero-order valence-electron chi connectivity index (χ0n) is 18.0. The fourth-order valence-corrected chi connectivity index (χ4v) is 4.18. The molecule has 1 N–H and O–H groups in total. The molecule has 34 heavy (non-hydrogen) atoms. The lowest BCUT2D eigenvalue weighted by molar-refractivity contribution is -0.384. The molecule has 0 spiro atoms. The highest BCUT2D eigenvalue weighted by Crippen LogP contribution is 2.30. The van der Waals surface area contributed by atoms with Crippen LogP contribution in [-0.4, -0.2) is 35.8 Å². The molecule has 1 unspecified atom stereocenters. The van der Waals surface area contributed by atoms with Gasteiger partial charge in [0.2, 0.25) is 5.91 Å². The molecule has 0 aliphatic rings. The summed E-state index contributed by atoms with van der Waals surface area (Å²) >= 11 is 7.35. The first-order chi connectivity index (χ1) is 16.4. The average Bonchev–Trinajstić information content (AvgIpc) is 3.23. The molecule has 0 radical (unpaired) electrons. The zero-order valence-corrected chi connectivity index (χ0v) is 19.5. The number of anilines is 1. The number of rotatable bonds is 8. The standard InChI is InChI=1S/C23H19ClN6O3S/c1-15(22(31)26-20-13-18(30(32)33)7-8-19(20)24)34-23-28-27-21(17-9-11-25-12-10-17)29(23)14-16-5-3-2-4-6-16/h2-13,15H,14H2,1H3,(H,26,31). The predicted octanol–water partition coefficient (Wildman–Crippen LogP) is 5.07. The van der Waals surface area contributed by atoms with Crippen LogP contribution in [0.3, 0.4) is 0 Å². The summed E-state index contributed by atoms with van der Waals surface area (Å²) < 4.78 is 1.94. The van der Waals surface area contributed by atoms with Crippen LogP contribution in [0.1, 0.15) is 12.5 Å². The molecule has 2 aromatic carbocycles. The number of hydrogen-bond acceptors (Lipinski definition) is 7. The Morgan fingerprint density at radius 1 is 1.15 bits per heavy atom. The maximum atomic E-state index is 12.9. The van der Waals surface area contributed by atoms with Crippen molar-refractivity contribution in [3.63, 3.8) is 0 Å². The summed E-state index contributed by atoms with van der Waals surface area (Å²) in [5.74, 6) is 0.287. The number of non-ortho nitro benzene ring substituents is 1. The van der Waals surface area contributed by atoms with Gasteiger partial charge >= 0.3 is 0 Å². The lowest BCUT2D eigenvalue weighted by Crippen LogP contribution is -2.23. The van der Waals surface area contributed by atoms with Crippen molar-refractivity contribution in [2.75, 3.05) is 5.32 Å². The summed E-state index contributed by atoms with van der Waals surface area (Å²) in [6.07, 6.45) is 3.37. The minimum Gasteiger partial charge on any atom is -0.324 e. The molecule has 172 valence electrons. The van der Waals surface area contributed by atoms with E-state index in [1.54, 1.807) is 19.3 Å². The van der Waals surface area contributed by atoms with Crippen LogP contribution in [-0.2, 0) is 11.3 Å². The highest BCUT2D eigenvalue weighted by molar-refractivity contribution is 8.00. The Morgan fingerprint density at radius 2 is 1.88 bits per heavy atom. The van der Waals surface area contributed by atoms with Gasteiger partial charge in [-0.1, -0.05) is 53.7 Å².